The van der Waals surface area contributed by atoms with E-state index in [0.29, 0.717) is 16.7 Å². The maximum atomic E-state index is 13.9. The summed E-state index contributed by atoms with van der Waals surface area (Å²) in [4.78, 5) is 51.0. The molecule has 4 aliphatic carbocycles. The van der Waals surface area contributed by atoms with Gasteiger partial charge in [0.1, 0.15) is 22.8 Å². The van der Waals surface area contributed by atoms with Crippen LogP contribution in [0.5, 0.6) is 5.75 Å². The second kappa shape index (κ2) is 10.1. The van der Waals surface area contributed by atoms with Gasteiger partial charge in [0.05, 0.1) is 5.56 Å². The van der Waals surface area contributed by atoms with Gasteiger partial charge >= 0.3 is 0 Å². The van der Waals surface area contributed by atoms with Gasteiger partial charge in [0.25, 0.3) is 5.91 Å². The molecule has 2 aromatic rings. The first-order chi connectivity index (χ1) is 20.6. The lowest BCUT2D eigenvalue weighted by atomic mass is 9.59. The summed E-state index contributed by atoms with van der Waals surface area (Å²) < 4.78 is 0. The Balaban J connectivity index is 1.51. The van der Waals surface area contributed by atoms with Crippen LogP contribution in [0.15, 0.2) is 47.2 Å². The van der Waals surface area contributed by atoms with Gasteiger partial charge in [-0.05, 0) is 65.3 Å². The van der Waals surface area contributed by atoms with Gasteiger partial charge in [-0.15, -0.1) is 0 Å². The molecular formula is C34H36N2O8. The summed E-state index contributed by atoms with van der Waals surface area (Å²) in [6.07, 6.45) is 1.46. The minimum absolute atomic E-state index is 0.00481. The number of nitrogens with one attached hydrogen (secondary N) is 1. The van der Waals surface area contributed by atoms with Crippen molar-refractivity contribution in [2.75, 3.05) is 0 Å². The Labute approximate surface area is 254 Å². The van der Waals surface area contributed by atoms with Gasteiger partial charge in [-0.25, -0.2) is 0 Å². The molecule has 2 amide bonds. The number of hydrogen-bond acceptors (Lipinski definition) is 8. The number of hydrogen-bond donors (Lipinski definition) is 6. The number of phenolic OH excluding ortho intramolecular Hbond substituents is 1. The average molecular weight is 601 g/mol. The number of rotatable bonds is 5. The number of aromatic hydroxyl groups is 1. The van der Waals surface area contributed by atoms with E-state index in [2.05, 4.69) is 26.1 Å². The molecule has 7 N–H and O–H groups in total. The number of nitrogens with two attached hydrogens (primary N) is 1. The SMILES string of the molecule is CC(C)(C)c1ccc(-c2cc(CNC(=O)C3CC3)c(O)c3c2C[C@H]2C[C@H]4CC(=O)C(C(N)=O)=C(O)[C@@]4(O)C(=O)C2=C3O)cc1. The summed E-state index contributed by atoms with van der Waals surface area (Å²) in [5.74, 6) is -6.94. The first kappa shape index (κ1) is 29.6. The van der Waals surface area contributed by atoms with E-state index in [1.165, 1.54) is 0 Å². The van der Waals surface area contributed by atoms with Crippen LogP contribution in [0.3, 0.4) is 0 Å². The lowest BCUT2D eigenvalue weighted by Crippen LogP contribution is -2.58. The smallest absolute Gasteiger partial charge is 0.255 e. The molecule has 0 aromatic heterocycles. The van der Waals surface area contributed by atoms with Crippen molar-refractivity contribution in [2.24, 2.45) is 23.5 Å². The second-order valence-corrected chi connectivity index (χ2v) is 13.5. The number of benzene rings is 2. The van der Waals surface area contributed by atoms with E-state index >= 15 is 0 Å². The molecule has 2 fully saturated rings. The maximum absolute atomic E-state index is 13.9. The predicted molar refractivity (Wildman–Crippen MR) is 160 cm³/mol. The van der Waals surface area contributed by atoms with Crippen molar-refractivity contribution in [1.29, 1.82) is 0 Å². The molecule has 0 radical (unpaired) electrons. The van der Waals surface area contributed by atoms with Gasteiger partial charge < -0.3 is 31.5 Å². The molecule has 4 aliphatic rings. The van der Waals surface area contributed by atoms with Crippen LogP contribution >= 0.6 is 0 Å². The Morgan fingerprint density at radius 1 is 1.05 bits per heavy atom. The predicted octanol–water partition coefficient (Wildman–Crippen LogP) is 3.41. The van der Waals surface area contributed by atoms with E-state index in [9.17, 15) is 39.6 Å². The molecule has 0 saturated heterocycles. The summed E-state index contributed by atoms with van der Waals surface area (Å²) in [5, 5.41) is 48.4. The first-order valence-electron chi connectivity index (χ1n) is 14.9. The highest BCUT2D eigenvalue weighted by atomic mass is 16.3. The molecule has 0 unspecified atom stereocenters. The Hall–Kier alpha value is -4.44. The van der Waals surface area contributed by atoms with E-state index < -0.39 is 52.0 Å². The maximum Gasteiger partial charge on any atom is 0.255 e. The zero-order chi connectivity index (χ0) is 31.9. The molecule has 0 bridgehead atoms. The number of carbonyl (C=O) groups is 4. The van der Waals surface area contributed by atoms with Crippen LogP contribution in [0.25, 0.3) is 16.9 Å². The third-order valence-corrected chi connectivity index (χ3v) is 9.61. The number of fused-ring (bicyclic) bond motifs is 3. The van der Waals surface area contributed by atoms with E-state index in [4.69, 9.17) is 5.73 Å². The number of primary amides is 1. The number of amides is 2. The minimum Gasteiger partial charge on any atom is -0.508 e. The summed E-state index contributed by atoms with van der Waals surface area (Å²) in [6.45, 7) is 6.30. The zero-order valence-corrected chi connectivity index (χ0v) is 24.9. The fourth-order valence-electron chi connectivity index (χ4n) is 6.96. The van der Waals surface area contributed by atoms with Crippen molar-refractivity contribution < 1.29 is 39.6 Å². The van der Waals surface area contributed by atoms with Gasteiger partial charge in [0.2, 0.25) is 11.7 Å². The third-order valence-electron chi connectivity index (χ3n) is 9.61. The number of aliphatic hydroxyl groups is 3. The van der Waals surface area contributed by atoms with Crippen LogP contribution < -0.4 is 11.1 Å². The Morgan fingerprint density at radius 2 is 1.70 bits per heavy atom. The van der Waals surface area contributed by atoms with Crippen LogP contribution in [-0.2, 0) is 37.6 Å². The molecule has 0 heterocycles. The Kier molecular flexibility index (Phi) is 6.77. The molecule has 10 nitrogen and oxygen atoms in total. The van der Waals surface area contributed by atoms with Crippen molar-refractivity contribution in [3.63, 3.8) is 0 Å². The summed E-state index contributed by atoms with van der Waals surface area (Å²) >= 11 is 0. The van der Waals surface area contributed by atoms with Crippen molar-refractivity contribution in [1.82, 2.24) is 5.32 Å². The highest BCUT2D eigenvalue weighted by Crippen LogP contribution is 2.53. The van der Waals surface area contributed by atoms with Crippen LogP contribution in [0.2, 0.25) is 0 Å². The topological polar surface area (TPSA) is 187 Å². The average Bonchev–Trinajstić information content (AvgIpc) is 3.80. The fourth-order valence-corrected chi connectivity index (χ4v) is 6.96. The summed E-state index contributed by atoms with van der Waals surface area (Å²) in [5.41, 5.74) is 5.06. The number of aliphatic hydroxyl groups excluding tert-OH is 2. The molecule has 6 rings (SSSR count). The first-order valence-corrected chi connectivity index (χ1v) is 14.9. The highest BCUT2D eigenvalue weighted by molar-refractivity contribution is 6.22. The summed E-state index contributed by atoms with van der Waals surface area (Å²) in [6, 6.07) is 9.71. The van der Waals surface area contributed by atoms with Crippen molar-refractivity contribution in [3.8, 4) is 16.9 Å². The van der Waals surface area contributed by atoms with Crippen LogP contribution in [-0.4, -0.2) is 49.4 Å². The van der Waals surface area contributed by atoms with Crippen LogP contribution in [0.1, 0.15) is 68.7 Å². The van der Waals surface area contributed by atoms with Gasteiger partial charge in [0.15, 0.2) is 11.4 Å². The number of phenols is 1. The van der Waals surface area contributed by atoms with Crippen molar-refractivity contribution in [2.45, 2.75) is 70.4 Å². The van der Waals surface area contributed by atoms with E-state index in [1.54, 1.807) is 6.07 Å². The summed E-state index contributed by atoms with van der Waals surface area (Å²) in [7, 11) is 0. The van der Waals surface area contributed by atoms with Crippen molar-refractivity contribution >= 4 is 29.1 Å². The standard InChI is InChI=1S/C34H36N2O8/c1-33(2,3)19-8-6-15(7-9-19)21-12-18(14-36-32(43)16-4-5-16)27(38)25-22(21)11-17-10-20-13-23(37)26(31(35)42)30(41)34(20,44)29(40)24(17)28(25)39/h6-9,12,16-17,20,38-39,41,44H,4-5,10-11,13-14H2,1-3H3,(H2,35,42)(H,36,43)/t17-,20+,34+/m1/s1. The molecule has 0 aliphatic heterocycles. The van der Waals surface area contributed by atoms with Crippen LogP contribution in [0.4, 0.5) is 0 Å². The zero-order valence-electron chi connectivity index (χ0n) is 24.9. The number of Topliss-reactive ketones (excluding diaryl/α,β-unsaturated/α-hetero) is 2. The van der Waals surface area contributed by atoms with Gasteiger partial charge in [-0.1, -0.05) is 45.0 Å². The lowest BCUT2D eigenvalue weighted by Gasteiger charge is -2.46. The van der Waals surface area contributed by atoms with E-state index in [1.807, 2.05) is 24.3 Å². The number of ketones is 2. The van der Waals surface area contributed by atoms with E-state index in [-0.39, 0.29) is 59.9 Å². The molecule has 2 aromatic carbocycles. The normalized spacial score (nSPS) is 24.9. The molecule has 10 heteroatoms. The lowest BCUT2D eigenvalue weighted by molar-refractivity contribution is -0.147. The Morgan fingerprint density at radius 3 is 2.30 bits per heavy atom. The van der Waals surface area contributed by atoms with Gasteiger partial charge in [-0.3, -0.25) is 19.2 Å². The number of carbonyl (C=O) groups excluding carboxylic acids is 4. The quantitative estimate of drug-likeness (QED) is 0.282. The molecular weight excluding hydrogens is 564 g/mol. The van der Waals surface area contributed by atoms with Crippen molar-refractivity contribution in [3.05, 3.63) is 69.5 Å². The highest BCUT2D eigenvalue weighted by Gasteiger charge is 2.60. The van der Waals surface area contributed by atoms with E-state index in [0.717, 1.165) is 24.0 Å². The minimum atomic E-state index is -2.63. The molecule has 2 saturated carbocycles. The molecule has 0 spiro atoms. The fraction of sp³-hybridized carbons (Fsp3) is 0.412. The second-order valence-electron chi connectivity index (χ2n) is 13.5. The van der Waals surface area contributed by atoms with Gasteiger partial charge in [-0.2, -0.15) is 0 Å². The van der Waals surface area contributed by atoms with Gasteiger partial charge in [0, 0.05) is 35.9 Å². The molecule has 44 heavy (non-hydrogen) atoms. The molecule has 230 valence electrons. The monoisotopic (exact) mass is 600 g/mol. The largest absolute Gasteiger partial charge is 0.508 e. The molecule has 3 atom stereocenters. The third kappa shape index (κ3) is 4.51. The van der Waals surface area contributed by atoms with Crippen LogP contribution in [0, 0.1) is 17.8 Å². The Bertz CT molecular complexity index is 1710.